The molecule has 0 spiro atoms. The highest BCUT2D eigenvalue weighted by molar-refractivity contribution is 7.99. The molecule has 1 N–H and O–H groups in total. The molecule has 1 amide bonds. The molecule has 0 aliphatic heterocycles. The number of halogens is 2. The molecule has 1 aromatic rings. The minimum atomic E-state index is -0.798. The van der Waals surface area contributed by atoms with Crippen LogP contribution < -0.4 is 5.32 Å². The van der Waals surface area contributed by atoms with Gasteiger partial charge < -0.3 is 5.32 Å². The van der Waals surface area contributed by atoms with Gasteiger partial charge in [0.1, 0.15) is 17.2 Å². The molecule has 5 heteroatoms. The summed E-state index contributed by atoms with van der Waals surface area (Å²) in [6, 6.07) is 2.51. The van der Waals surface area contributed by atoms with Crippen LogP contribution in [-0.4, -0.2) is 18.7 Å². The fraction of sp³-hybridized carbons (Fsp3) is 0.720. The molecule has 2 nitrogen and oxygen atoms in total. The molecule has 0 radical (unpaired) electrons. The van der Waals surface area contributed by atoms with E-state index in [9.17, 15) is 13.6 Å². The molecule has 0 bridgehead atoms. The molecule has 0 saturated heterocycles. The van der Waals surface area contributed by atoms with Crippen molar-refractivity contribution in [2.24, 2.45) is 0 Å². The van der Waals surface area contributed by atoms with E-state index in [1.54, 1.807) is 0 Å². The van der Waals surface area contributed by atoms with E-state index in [2.05, 4.69) is 12.2 Å². The van der Waals surface area contributed by atoms with Crippen molar-refractivity contribution in [1.82, 2.24) is 5.32 Å². The van der Waals surface area contributed by atoms with Gasteiger partial charge in [0.2, 0.25) is 0 Å². The van der Waals surface area contributed by atoms with Gasteiger partial charge in [-0.3, -0.25) is 4.79 Å². The van der Waals surface area contributed by atoms with E-state index in [1.807, 2.05) is 0 Å². The smallest absolute Gasteiger partial charge is 0.256 e. The van der Waals surface area contributed by atoms with Crippen LogP contribution in [0.5, 0.6) is 0 Å². The standard InChI is InChI=1S/C25H41F2NOS/c1-3-4-5-6-7-8-9-10-11-12-13-14-15-16-17-18-30-21-19-22(26)24(23(27)20-21)25(29)28-2/h19-20H,3-18H2,1-2H3,(H,28,29). The van der Waals surface area contributed by atoms with Crippen molar-refractivity contribution >= 4 is 17.7 Å². The predicted molar refractivity (Wildman–Crippen MR) is 125 cm³/mol. The molecule has 0 atom stereocenters. The number of thioether (sulfide) groups is 1. The molecule has 30 heavy (non-hydrogen) atoms. The van der Waals surface area contributed by atoms with Crippen LogP contribution in [0.15, 0.2) is 17.0 Å². The predicted octanol–water partition coefficient (Wildman–Crippen LogP) is 8.29. The van der Waals surface area contributed by atoms with Crippen molar-refractivity contribution in [1.29, 1.82) is 0 Å². The van der Waals surface area contributed by atoms with Crippen molar-refractivity contribution < 1.29 is 13.6 Å². The van der Waals surface area contributed by atoms with Gasteiger partial charge in [0.15, 0.2) is 0 Å². The first kappa shape index (κ1) is 26.9. The normalized spacial score (nSPS) is 11.1. The third-order valence-electron chi connectivity index (χ3n) is 5.49. The van der Waals surface area contributed by atoms with Crippen molar-refractivity contribution in [2.45, 2.75) is 108 Å². The molecule has 0 aliphatic carbocycles. The van der Waals surface area contributed by atoms with E-state index < -0.39 is 23.1 Å². The number of carbonyl (C=O) groups is 1. The fourth-order valence-electron chi connectivity index (χ4n) is 3.64. The van der Waals surface area contributed by atoms with Crippen LogP contribution in [0, 0.1) is 11.6 Å². The van der Waals surface area contributed by atoms with Gasteiger partial charge in [-0.2, -0.15) is 0 Å². The molecule has 1 aromatic carbocycles. The van der Waals surface area contributed by atoms with Gasteiger partial charge in [-0.25, -0.2) is 8.78 Å². The first-order valence-corrected chi connectivity index (χ1v) is 12.9. The zero-order valence-electron chi connectivity index (χ0n) is 19.0. The van der Waals surface area contributed by atoms with E-state index in [1.165, 1.54) is 114 Å². The lowest BCUT2D eigenvalue weighted by Gasteiger charge is -2.07. The lowest BCUT2D eigenvalue weighted by Crippen LogP contribution is -2.21. The van der Waals surface area contributed by atoms with Gasteiger partial charge in [-0.15, -0.1) is 11.8 Å². The highest BCUT2D eigenvalue weighted by Gasteiger charge is 2.17. The van der Waals surface area contributed by atoms with Crippen molar-refractivity contribution in [3.63, 3.8) is 0 Å². The Labute approximate surface area is 187 Å². The molecule has 0 fully saturated rings. The zero-order chi connectivity index (χ0) is 22.0. The number of hydrogen-bond acceptors (Lipinski definition) is 2. The molecule has 172 valence electrons. The summed E-state index contributed by atoms with van der Waals surface area (Å²) in [6.45, 7) is 2.26. The maximum atomic E-state index is 13.9. The number of amides is 1. The van der Waals surface area contributed by atoms with Crippen LogP contribution in [0.2, 0.25) is 0 Å². The van der Waals surface area contributed by atoms with Gasteiger partial charge >= 0.3 is 0 Å². The van der Waals surface area contributed by atoms with Gasteiger partial charge in [0.05, 0.1) is 0 Å². The first-order valence-electron chi connectivity index (χ1n) is 11.9. The van der Waals surface area contributed by atoms with E-state index in [0.717, 1.165) is 18.6 Å². The van der Waals surface area contributed by atoms with Crippen LogP contribution in [0.1, 0.15) is 114 Å². The summed E-state index contributed by atoms with van der Waals surface area (Å²) in [7, 11) is 1.36. The van der Waals surface area contributed by atoms with Crippen molar-refractivity contribution in [3.8, 4) is 0 Å². The molecule has 1 rings (SSSR count). The summed E-state index contributed by atoms with van der Waals surface area (Å²) in [5.41, 5.74) is -0.506. The van der Waals surface area contributed by atoms with Gasteiger partial charge in [0.25, 0.3) is 5.91 Å². The van der Waals surface area contributed by atoms with Crippen LogP contribution in [0.25, 0.3) is 0 Å². The van der Waals surface area contributed by atoms with Crippen LogP contribution in [0.4, 0.5) is 8.78 Å². The van der Waals surface area contributed by atoms with E-state index in [-0.39, 0.29) is 0 Å². The summed E-state index contributed by atoms with van der Waals surface area (Å²) in [6.07, 6.45) is 19.9. The molecule has 0 aliphatic rings. The maximum Gasteiger partial charge on any atom is 0.256 e. The Morgan fingerprint density at radius 3 is 1.57 bits per heavy atom. The van der Waals surface area contributed by atoms with Crippen LogP contribution >= 0.6 is 11.8 Å². The quantitative estimate of drug-likeness (QED) is 0.183. The van der Waals surface area contributed by atoms with Crippen LogP contribution in [-0.2, 0) is 0 Å². The SMILES string of the molecule is CCCCCCCCCCCCCCCCCSc1cc(F)c(C(=O)NC)c(F)c1. The molecular weight excluding hydrogens is 400 g/mol. The summed E-state index contributed by atoms with van der Waals surface area (Å²) in [4.78, 5) is 12.0. The number of rotatable bonds is 18. The molecule has 0 heterocycles. The topological polar surface area (TPSA) is 29.1 Å². The summed E-state index contributed by atoms with van der Waals surface area (Å²) < 4.78 is 27.9. The summed E-state index contributed by atoms with van der Waals surface area (Å²) in [5.74, 6) is -1.48. The Balaban J connectivity index is 1.97. The van der Waals surface area contributed by atoms with Gasteiger partial charge in [-0.1, -0.05) is 96.8 Å². The van der Waals surface area contributed by atoms with Crippen molar-refractivity contribution in [2.75, 3.05) is 12.8 Å². The summed E-state index contributed by atoms with van der Waals surface area (Å²) in [5, 5.41) is 2.26. The average molecular weight is 442 g/mol. The zero-order valence-corrected chi connectivity index (χ0v) is 19.9. The van der Waals surface area contributed by atoms with Crippen molar-refractivity contribution in [3.05, 3.63) is 29.3 Å². The number of unbranched alkanes of at least 4 members (excludes halogenated alkanes) is 14. The number of hydrogen-bond donors (Lipinski definition) is 1. The minimum Gasteiger partial charge on any atom is -0.355 e. The van der Waals surface area contributed by atoms with E-state index in [4.69, 9.17) is 0 Å². The Hall–Kier alpha value is -1.10. The lowest BCUT2D eigenvalue weighted by atomic mass is 10.0. The van der Waals surface area contributed by atoms with Crippen LogP contribution in [0.3, 0.4) is 0 Å². The third-order valence-corrected chi connectivity index (χ3v) is 6.55. The third kappa shape index (κ3) is 11.9. The Bertz CT molecular complexity index is 572. The fourth-order valence-corrected chi connectivity index (χ4v) is 4.60. The minimum absolute atomic E-state index is 0.506. The number of benzene rings is 1. The van der Waals surface area contributed by atoms with Gasteiger partial charge in [0, 0.05) is 11.9 Å². The molecular formula is C25H41F2NOS. The largest absolute Gasteiger partial charge is 0.355 e. The van der Waals surface area contributed by atoms with Gasteiger partial charge in [-0.05, 0) is 24.3 Å². The molecule has 0 saturated carbocycles. The highest BCUT2D eigenvalue weighted by Crippen LogP contribution is 2.25. The lowest BCUT2D eigenvalue weighted by molar-refractivity contribution is 0.0954. The highest BCUT2D eigenvalue weighted by atomic mass is 32.2. The number of nitrogens with one attached hydrogen (secondary N) is 1. The Morgan fingerprint density at radius 1 is 0.767 bits per heavy atom. The second kappa shape index (κ2) is 17.6. The van der Waals surface area contributed by atoms with E-state index in [0.29, 0.717) is 4.90 Å². The maximum absolute atomic E-state index is 13.9. The molecule has 0 aromatic heterocycles. The first-order chi connectivity index (χ1) is 14.6. The number of carbonyl (C=O) groups excluding carboxylic acids is 1. The second-order valence-corrected chi connectivity index (χ2v) is 9.31. The Kier molecular flexibility index (Phi) is 15.8. The summed E-state index contributed by atoms with van der Waals surface area (Å²) >= 11 is 1.45. The second-order valence-electron chi connectivity index (χ2n) is 8.14. The van der Waals surface area contributed by atoms with E-state index >= 15 is 0 Å². The average Bonchev–Trinajstić information content (AvgIpc) is 2.72. The monoisotopic (exact) mass is 441 g/mol. The Morgan fingerprint density at radius 2 is 1.17 bits per heavy atom. The molecule has 0 unspecified atom stereocenters.